The molecule has 2 N–H and O–H groups in total. The third-order valence-corrected chi connectivity index (χ3v) is 6.23. The van der Waals surface area contributed by atoms with Crippen LogP contribution in [0.25, 0.3) is 10.9 Å². The van der Waals surface area contributed by atoms with Crippen LogP contribution in [0.15, 0.2) is 54.9 Å². The number of nitrogens with one attached hydrogen (secondary N) is 2. The third kappa shape index (κ3) is 5.80. The van der Waals surface area contributed by atoms with E-state index in [0.717, 1.165) is 37.0 Å². The zero-order valence-corrected chi connectivity index (χ0v) is 21.2. The summed E-state index contributed by atoms with van der Waals surface area (Å²) in [5, 5.41) is 8.44. The van der Waals surface area contributed by atoms with Gasteiger partial charge >= 0.3 is 0 Å². The highest BCUT2D eigenvalue weighted by Gasteiger charge is 2.23. The van der Waals surface area contributed by atoms with E-state index in [0.29, 0.717) is 11.3 Å². The molecule has 0 saturated carbocycles. The van der Waals surface area contributed by atoms with E-state index in [1.165, 1.54) is 41.1 Å². The third-order valence-electron chi connectivity index (χ3n) is 6.23. The number of H-pyrrole nitrogens is 1. The summed E-state index contributed by atoms with van der Waals surface area (Å²) in [6.45, 7) is 11.3. The second-order valence-electron chi connectivity index (χ2n) is 10.1. The summed E-state index contributed by atoms with van der Waals surface area (Å²) in [7, 11) is 2.13. The standard InChI is InChI=1S/C28H34FN5O/c1-6-34-18-19(16-30-34)17-33(5)14-13-23-24-15-22(11-12-25(24)32-26(23)28(2,3)4)31-27(35)20-7-9-21(29)10-8-20/h7-12,15-16,18,32H,6,13-14,17H2,1-5H3,(H,31,35). The van der Waals surface area contributed by atoms with Crippen molar-refractivity contribution in [1.82, 2.24) is 19.7 Å². The van der Waals surface area contributed by atoms with Crippen LogP contribution in [0.2, 0.25) is 0 Å². The molecule has 7 heteroatoms. The highest BCUT2D eigenvalue weighted by Crippen LogP contribution is 2.33. The Labute approximate surface area is 206 Å². The lowest BCUT2D eigenvalue weighted by atomic mass is 9.88. The summed E-state index contributed by atoms with van der Waals surface area (Å²) in [5.41, 5.74) is 5.82. The summed E-state index contributed by atoms with van der Waals surface area (Å²) in [5.74, 6) is -0.622. The predicted molar refractivity (Wildman–Crippen MR) is 139 cm³/mol. The van der Waals surface area contributed by atoms with Crippen molar-refractivity contribution in [2.24, 2.45) is 0 Å². The van der Waals surface area contributed by atoms with Gasteiger partial charge in [-0.25, -0.2) is 4.39 Å². The molecule has 2 aromatic heterocycles. The number of aryl methyl sites for hydroxylation is 1. The quantitative estimate of drug-likeness (QED) is 0.341. The van der Waals surface area contributed by atoms with Crippen LogP contribution < -0.4 is 5.32 Å². The Morgan fingerprint density at radius 3 is 2.57 bits per heavy atom. The number of nitrogens with zero attached hydrogens (tertiary/aromatic N) is 3. The zero-order valence-electron chi connectivity index (χ0n) is 21.2. The Morgan fingerprint density at radius 2 is 1.91 bits per heavy atom. The lowest BCUT2D eigenvalue weighted by molar-refractivity contribution is 0.102. The molecule has 184 valence electrons. The Hall–Kier alpha value is -3.45. The number of carbonyl (C=O) groups excluding carboxylic acids is 1. The zero-order chi connectivity index (χ0) is 25.2. The number of aromatic amines is 1. The van der Waals surface area contributed by atoms with Gasteiger partial charge in [0.25, 0.3) is 5.91 Å². The van der Waals surface area contributed by atoms with Crippen molar-refractivity contribution in [3.05, 3.63) is 83.1 Å². The molecule has 1 amide bonds. The second kappa shape index (κ2) is 10.0. The Bertz CT molecular complexity index is 1310. The molecular formula is C28H34FN5O. The number of benzene rings is 2. The molecule has 0 aliphatic carbocycles. The normalized spacial score (nSPS) is 12.0. The molecule has 0 atom stereocenters. The van der Waals surface area contributed by atoms with Gasteiger partial charge in [-0.2, -0.15) is 5.10 Å². The molecule has 0 spiro atoms. The van der Waals surface area contributed by atoms with E-state index in [9.17, 15) is 9.18 Å². The van der Waals surface area contributed by atoms with Gasteiger partial charge in [-0.15, -0.1) is 0 Å². The first-order valence-electron chi connectivity index (χ1n) is 12.1. The maximum atomic E-state index is 13.2. The minimum Gasteiger partial charge on any atom is -0.358 e. The molecule has 0 radical (unpaired) electrons. The largest absolute Gasteiger partial charge is 0.358 e. The maximum Gasteiger partial charge on any atom is 0.255 e. The predicted octanol–water partition coefficient (Wildman–Crippen LogP) is 5.75. The van der Waals surface area contributed by atoms with Crippen molar-refractivity contribution < 1.29 is 9.18 Å². The molecule has 6 nitrogen and oxygen atoms in total. The average Bonchev–Trinajstić information content (AvgIpc) is 3.42. The maximum absolute atomic E-state index is 13.2. The van der Waals surface area contributed by atoms with Crippen molar-refractivity contribution in [2.75, 3.05) is 18.9 Å². The van der Waals surface area contributed by atoms with E-state index in [2.05, 4.69) is 61.2 Å². The molecule has 0 unspecified atom stereocenters. The molecule has 0 aliphatic heterocycles. The first-order valence-corrected chi connectivity index (χ1v) is 12.1. The van der Waals surface area contributed by atoms with E-state index >= 15 is 0 Å². The van der Waals surface area contributed by atoms with Crippen molar-refractivity contribution in [2.45, 2.75) is 52.6 Å². The van der Waals surface area contributed by atoms with Gasteiger partial charge < -0.3 is 15.2 Å². The van der Waals surface area contributed by atoms with Crippen molar-refractivity contribution in [3.8, 4) is 0 Å². The Morgan fingerprint density at radius 1 is 1.17 bits per heavy atom. The van der Waals surface area contributed by atoms with Crippen LogP contribution in [-0.4, -0.2) is 39.2 Å². The van der Waals surface area contributed by atoms with Crippen molar-refractivity contribution in [3.63, 3.8) is 0 Å². The molecular weight excluding hydrogens is 441 g/mol. The summed E-state index contributed by atoms with van der Waals surface area (Å²) < 4.78 is 15.2. The van der Waals surface area contributed by atoms with Gasteiger partial charge in [-0.05, 0) is 68.4 Å². The molecule has 0 saturated heterocycles. The van der Waals surface area contributed by atoms with Crippen LogP contribution in [0.1, 0.15) is 54.9 Å². The minimum absolute atomic E-state index is 0.0489. The summed E-state index contributed by atoms with van der Waals surface area (Å²) in [6, 6.07) is 11.5. The Balaban J connectivity index is 1.56. The number of hydrogen-bond acceptors (Lipinski definition) is 3. The Kier molecular flexibility index (Phi) is 7.08. The van der Waals surface area contributed by atoms with E-state index in [1.54, 1.807) is 0 Å². The van der Waals surface area contributed by atoms with Gasteiger partial charge in [0.1, 0.15) is 5.82 Å². The number of fused-ring (bicyclic) bond motifs is 1. The smallest absolute Gasteiger partial charge is 0.255 e. The van der Waals surface area contributed by atoms with Gasteiger partial charge in [0.2, 0.25) is 0 Å². The minimum atomic E-state index is -0.362. The fourth-order valence-corrected chi connectivity index (χ4v) is 4.38. The number of carbonyl (C=O) groups is 1. The highest BCUT2D eigenvalue weighted by molar-refractivity contribution is 6.05. The fraction of sp³-hybridized carbons (Fsp3) is 0.357. The van der Waals surface area contributed by atoms with Crippen LogP contribution in [0.3, 0.4) is 0 Å². The summed E-state index contributed by atoms with van der Waals surface area (Å²) >= 11 is 0. The number of rotatable bonds is 8. The topological polar surface area (TPSA) is 66.0 Å². The first kappa shape index (κ1) is 24.7. The number of likely N-dealkylation sites (N-methyl/N-ethyl adjacent to an activating group) is 1. The molecule has 0 bridgehead atoms. The summed E-state index contributed by atoms with van der Waals surface area (Å²) in [6.07, 6.45) is 4.90. The van der Waals surface area contributed by atoms with E-state index in [4.69, 9.17) is 0 Å². The molecule has 4 rings (SSSR count). The van der Waals surface area contributed by atoms with E-state index in [-0.39, 0.29) is 17.1 Å². The molecule has 4 aromatic rings. The molecule has 0 fully saturated rings. The van der Waals surface area contributed by atoms with Gasteiger partial charge in [0, 0.05) is 64.7 Å². The lowest BCUT2D eigenvalue weighted by Crippen LogP contribution is -2.22. The monoisotopic (exact) mass is 475 g/mol. The van der Waals surface area contributed by atoms with Crippen LogP contribution in [0.4, 0.5) is 10.1 Å². The first-order chi connectivity index (χ1) is 16.6. The molecule has 2 heterocycles. The highest BCUT2D eigenvalue weighted by atomic mass is 19.1. The van der Waals surface area contributed by atoms with Crippen LogP contribution in [0.5, 0.6) is 0 Å². The fourth-order valence-electron chi connectivity index (χ4n) is 4.38. The second-order valence-corrected chi connectivity index (χ2v) is 10.1. The molecule has 35 heavy (non-hydrogen) atoms. The number of hydrogen-bond donors (Lipinski definition) is 2. The van der Waals surface area contributed by atoms with Crippen LogP contribution >= 0.6 is 0 Å². The lowest BCUT2D eigenvalue weighted by Gasteiger charge is -2.21. The van der Waals surface area contributed by atoms with E-state index in [1.807, 2.05) is 29.1 Å². The van der Waals surface area contributed by atoms with Gasteiger partial charge in [-0.3, -0.25) is 9.48 Å². The van der Waals surface area contributed by atoms with Crippen molar-refractivity contribution >= 4 is 22.5 Å². The molecule has 2 aromatic carbocycles. The average molecular weight is 476 g/mol. The number of aromatic nitrogens is 3. The number of anilines is 1. The summed E-state index contributed by atoms with van der Waals surface area (Å²) in [4.78, 5) is 18.6. The van der Waals surface area contributed by atoms with Gasteiger partial charge in [0.15, 0.2) is 0 Å². The number of amides is 1. The van der Waals surface area contributed by atoms with Gasteiger partial charge in [0.05, 0.1) is 6.20 Å². The number of halogens is 1. The molecule has 0 aliphatic rings. The van der Waals surface area contributed by atoms with Crippen LogP contribution in [-0.2, 0) is 24.9 Å². The van der Waals surface area contributed by atoms with Gasteiger partial charge in [-0.1, -0.05) is 20.8 Å². The van der Waals surface area contributed by atoms with E-state index < -0.39 is 0 Å². The van der Waals surface area contributed by atoms with Crippen LogP contribution in [0, 0.1) is 5.82 Å². The van der Waals surface area contributed by atoms with Crippen molar-refractivity contribution in [1.29, 1.82) is 0 Å². The SMILES string of the molecule is CCn1cc(CN(C)CCc2c(C(C)(C)C)[nH]c3ccc(NC(=O)c4ccc(F)cc4)cc23)cn1.